The molecule has 0 aromatic heterocycles. The minimum atomic E-state index is -1.40. The molecule has 1 heterocycles. The molecule has 1 spiro atoms. The molecule has 0 radical (unpaired) electrons. The number of hydrogen-bond donors (Lipinski definition) is 3. The molecule has 6 nitrogen and oxygen atoms in total. The Morgan fingerprint density at radius 2 is 1.30 bits per heavy atom. The molecule has 0 unspecified atom stereocenters. The van der Waals surface area contributed by atoms with E-state index in [1.807, 2.05) is 89.8 Å². The zero-order chi connectivity index (χ0) is 22.9. The van der Waals surface area contributed by atoms with Gasteiger partial charge in [-0.25, -0.2) is 4.99 Å². The van der Waals surface area contributed by atoms with Crippen molar-refractivity contribution in [2.45, 2.75) is 43.4 Å². The number of aliphatic hydroxyl groups is 1. The minimum Gasteiger partial charge on any atom is -0.376 e. The van der Waals surface area contributed by atoms with E-state index in [1.165, 1.54) is 0 Å². The monoisotopic (exact) mass is 439 g/mol. The van der Waals surface area contributed by atoms with Gasteiger partial charge in [0.15, 0.2) is 0 Å². The summed E-state index contributed by atoms with van der Waals surface area (Å²) in [5, 5.41) is 12.5. The molecule has 3 aromatic carbocycles. The van der Waals surface area contributed by atoms with E-state index in [0.717, 1.165) is 54.5 Å². The minimum absolute atomic E-state index is 0.213. The summed E-state index contributed by atoms with van der Waals surface area (Å²) in [7, 11) is 0. The Kier molecular flexibility index (Phi) is 5.38. The summed E-state index contributed by atoms with van der Waals surface area (Å²) < 4.78 is 0. The second-order valence-corrected chi connectivity index (χ2v) is 8.78. The average molecular weight is 440 g/mol. The summed E-state index contributed by atoms with van der Waals surface area (Å²) in [6.45, 7) is 0. The molecular weight excluding hydrogens is 410 g/mol. The fraction of sp³-hybridized carbons (Fsp3) is 0.259. The first kappa shape index (κ1) is 21.2. The van der Waals surface area contributed by atoms with Gasteiger partial charge in [0.25, 0.3) is 0 Å². The van der Waals surface area contributed by atoms with Crippen LogP contribution in [0.5, 0.6) is 0 Å². The van der Waals surface area contributed by atoms with E-state index in [-0.39, 0.29) is 5.96 Å². The van der Waals surface area contributed by atoms with Gasteiger partial charge in [-0.1, -0.05) is 85.3 Å². The number of nitrogens with two attached hydrogens (primary N) is 2. The van der Waals surface area contributed by atoms with Crippen molar-refractivity contribution >= 4 is 17.6 Å². The van der Waals surface area contributed by atoms with Gasteiger partial charge in [-0.2, -0.15) is 4.99 Å². The molecule has 0 saturated heterocycles. The van der Waals surface area contributed by atoms with Crippen molar-refractivity contribution in [3.63, 3.8) is 0 Å². The van der Waals surface area contributed by atoms with Crippen molar-refractivity contribution in [2.24, 2.45) is 21.5 Å². The van der Waals surface area contributed by atoms with Gasteiger partial charge in [0.05, 0.1) is 5.69 Å². The summed E-state index contributed by atoms with van der Waals surface area (Å²) in [5.41, 5.74) is 13.7. The number of nitrogens with zero attached hydrogens (tertiary/aromatic N) is 3. The van der Waals surface area contributed by atoms with E-state index in [1.54, 1.807) is 0 Å². The fourth-order valence-electron chi connectivity index (χ4n) is 5.28. The number of anilines is 1. The molecule has 2 aliphatic rings. The third-order valence-electron chi connectivity index (χ3n) is 6.77. The molecule has 0 bridgehead atoms. The van der Waals surface area contributed by atoms with Gasteiger partial charge in [0.1, 0.15) is 11.3 Å². The maximum absolute atomic E-state index is 12.5. The quantitative estimate of drug-likeness (QED) is 0.533. The number of para-hydroxylation sites is 1. The van der Waals surface area contributed by atoms with Crippen LogP contribution < -0.4 is 16.4 Å². The Labute approximate surface area is 194 Å². The molecule has 5 N–H and O–H groups in total. The molecule has 168 valence electrons. The average Bonchev–Trinajstić information content (AvgIpc) is 2.85. The molecule has 5 rings (SSSR count). The molecule has 3 aromatic rings. The van der Waals surface area contributed by atoms with Gasteiger partial charge >= 0.3 is 0 Å². The SMILES string of the molecule is NC1=NC2(CCCCC2)N(c2ccccc2C(O)(c2ccccc2)c2ccccc2)C(N)=N1. The second-order valence-electron chi connectivity index (χ2n) is 8.78. The highest BCUT2D eigenvalue weighted by atomic mass is 16.3. The molecule has 0 amide bonds. The van der Waals surface area contributed by atoms with Gasteiger partial charge in [-0.15, -0.1) is 0 Å². The molecule has 1 aliphatic carbocycles. The Morgan fingerprint density at radius 3 is 1.91 bits per heavy atom. The van der Waals surface area contributed by atoms with Crippen LogP contribution in [0.2, 0.25) is 0 Å². The Bertz CT molecular complexity index is 1140. The zero-order valence-electron chi connectivity index (χ0n) is 18.6. The number of benzene rings is 3. The van der Waals surface area contributed by atoms with E-state index in [9.17, 15) is 5.11 Å². The maximum atomic E-state index is 12.5. The lowest BCUT2D eigenvalue weighted by molar-refractivity contribution is 0.126. The number of aliphatic imine (C=N–C) groups is 2. The third-order valence-corrected chi connectivity index (χ3v) is 6.77. The second kappa shape index (κ2) is 8.37. The van der Waals surface area contributed by atoms with Crippen LogP contribution in [0.25, 0.3) is 0 Å². The molecule has 0 atom stereocenters. The summed E-state index contributed by atoms with van der Waals surface area (Å²) >= 11 is 0. The van der Waals surface area contributed by atoms with E-state index >= 15 is 0 Å². The van der Waals surface area contributed by atoms with Crippen molar-refractivity contribution in [2.75, 3.05) is 4.90 Å². The van der Waals surface area contributed by atoms with Crippen molar-refractivity contribution in [3.8, 4) is 0 Å². The van der Waals surface area contributed by atoms with Crippen molar-refractivity contribution in [3.05, 3.63) is 102 Å². The van der Waals surface area contributed by atoms with E-state index in [0.29, 0.717) is 5.96 Å². The smallest absolute Gasteiger partial charge is 0.220 e. The molecule has 1 fully saturated rings. The Balaban J connectivity index is 1.75. The van der Waals surface area contributed by atoms with Crippen LogP contribution in [0.4, 0.5) is 5.69 Å². The van der Waals surface area contributed by atoms with Gasteiger partial charge in [0.2, 0.25) is 11.9 Å². The van der Waals surface area contributed by atoms with Crippen LogP contribution in [0, 0.1) is 0 Å². The largest absolute Gasteiger partial charge is 0.376 e. The fourth-order valence-corrected chi connectivity index (χ4v) is 5.28. The maximum Gasteiger partial charge on any atom is 0.220 e. The van der Waals surface area contributed by atoms with Crippen LogP contribution in [0.15, 0.2) is 94.9 Å². The Hall–Kier alpha value is -3.64. The first-order valence-corrected chi connectivity index (χ1v) is 11.5. The van der Waals surface area contributed by atoms with Crippen molar-refractivity contribution < 1.29 is 5.11 Å². The predicted octanol–water partition coefficient (Wildman–Crippen LogP) is 4.08. The number of rotatable bonds is 4. The first-order valence-electron chi connectivity index (χ1n) is 11.5. The van der Waals surface area contributed by atoms with Crippen LogP contribution in [-0.2, 0) is 5.60 Å². The number of guanidine groups is 2. The normalized spacial score (nSPS) is 18.0. The highest BCUT2D eigenvalue weighted by Crippen LogP contribution is 2.46. The van der Waals surface area contributed by atoms with Gasteiger partial charge in [-0.3, -0.25) is 4.90 Å². The summed E-state index contributed by atoms with van der Waals surface area (Å²) in [4.78, 5) is 11.1. The van der Waals surface area contributed by atoms with E-state index in [2.05, 4.69) is 4.99 Å². The van der Waals surface area contributed by atoms with Gasteiger partial charge in [-0.05, 0) is 42.9 Å². The van der Waals surface area contributed by atoms with Gasteiger partial charge < -0.3 is 16.6 Å². The van der Waals surface area contributed by atoms with Crippen LogP contribution in [0.1, 0.15) is 48.8 Å². The zero-order valence-corrected chi connectivity index (χ0v) is 18.6. The standard InChI is InChI=1S/C27H29N5O/c28-24-30-25(29)32(26(31-24)18-10-3-11-19-26)23-17-9-8-16-22(23)27(33,20-12-4-1-5-13-20)21-14-6-2-7-15-21/h1-2,4-9,12-17,33H,3,10-11,18-19H2,(H4,28,29,30,31). The molecular formula is C27H29N5O. The van der Waals surface area contributed by atoms with Crippen LogP contribution in [0.3, 0.4) is 0 Å². The topological polar surface area (TPSA) is 100 Å². The lowest BCUT2D eigenvalue weighted by Crippen LogP contribution is -2.59. The van der Waals surface area contributed by atoms with Gasteiger partial charge in [0, 0.05) is 5.56 Å². The Morgan fingerprint density at radius 1 is 0.758 bits per heavy atom. The lowest BCUT2D eigenvalue weighted by Gasteiger charge is -2.47. The van der Waals surface area contributed by atoms with Crippen molar-refractivity contribution in [1.82, 2.24) is 0 Å². The summed E-state index contributed by atoms with van der Waals surface area (Å²) in [6.07, 6.45) is 4.87. The highest BCUT2D eigenvalue weighted by molar-refractivity contribution is 6.06. The molecule has 1 aliphatic heterocycles. The first-order chi connectivity index (χ1) is 16.0. The van der Waals surface area contributed by atoms with Crippen molar-refractivity contribution in [1.29, 1.82) is 0 Å². The lowest BCUT2D eigenvalue weighted by atomic mass is 9.78. The van der Waals surface area contributed by atoms with E-state index in [4.69, 9.17) is 16.5 Å². The third kappa shape index (κ3) is 3.56. The van der Waals surface area contributed by atoms with E-state index < -0.39 is 11.3 Å². The molecule has 33 heavy (non-hydrogen) atoms. The summed E-state index contributed by atoms with van der Waals surface area (Å²) in [5.74, 6) is 0.518. The predicted molar refractivity (Wildman–Crippen MR) is 133 cm³/mol. The number of hydrogen-bond acceptors (Lipinski definition) is 6. The molecule has 1 saturated carbocycles. The highest BCUT2D eigenvalue weighted by Gasteiger charge is 2.45. The van der Waals surface area contributed by atoms with Crippen LogP contribution >= 0.6 is 0 Å². The summed E-state index contributed by atoms with van der Waals surface area (Å²) in [6, 6.07) is 27.3. The van der Waals surface area contributed by atoms with Crippen LogP contribution in [-0.4, -0.2) is 22.7 Å². The molecule has 6 heteroatoms.